The molecule has 19 heavy (non-hydrogen) atoms. The first-order valence-corrected chi connectivity index (χ1v) is 7.80. The van der Waals surface area contributed by atoms with E-state index in [1.165, 1.54) is 4.88 Å². The number of halogens is 1. The Kier molecular flexibility index (Phi) is 4.06. The Morgan fingerprint density at radius 2 is 2.16 bits per heavy atom. The molecular weight excluding hydrogens is 326 g/mol. The summed E-state index contributed by atoms with van der Waals surface area (Å²) in [6, 6.07) is 9.92. The van der Waals surface area contributed by atoms with Crippen molar-refractivity contribution in [1.82, 2.24) is 5.32 Å². The number of thiophene rings is 1. The molecule has 3 rings (SSSR count). The first-order chi connectivity index (χ1) is 9.31. The van der Waals surface area contributed by atoms with E-state index in [2.05, 4.69) is 32.7 Å². The van der Waals surface area contributed by atoms with Crippen molar-refractivity contribution >= 4 is 27.3 Å². The molecule has 0 fully saturated rings. The van der Waals surface area contributed by atoms with Crippen molar-refractivity contribution in [3.8, 4) is 11.5 Å². The summed E-state index contributed by atoms with van der Waals surface area (Å²) < 4.78 is 12.7. The van der Waals surface area contributed by atoms with Gasteiger partial charge in [0, 0.05) is 27.8 Å². The van der Waals surface area contributed by atoms with E-state index in [1.807, 2.05) is 24.3 Å². The van der Waals surface area contributed by atoms with Gasteiger partial charge >= 0.3 is 0 Å². The molecule has 1 atom stereocenters. The standard InChI is InChI=1S/C14H14BrNO2S/c15-10-5-12(19-9-10)7-16-6-11-8-17-13-3-1-2-4-14(13)18-11/h1-5,9,11,16H,6-8H2. The van der Waals surface area contributed by atoms with Gasteiger partial charge in [-0.3, -0.25) is 0 Å². The molecule has 1 unspecified atom stereocenters. The number of fused-ring (bicyclic) bond motifs is 1. The second kappa shape index (κ2) is 5.94. The summed E-state index contributed by atoms with van der Waals surface area (Å²) in [6.07, 6.45) is 0.0679. The van der Waals surface area contributed by atoms with Gasteiger partial charge in [-0.25, -0.2) is 0 Å². The van der Waals surface area contributed by atoms with E-state index in [9.17, 15) is 0 Å². The van der Waals surface area contributed by atoms with Crippen LogP contribution in [0.15, 0.2) is 40.2 Å². The van der Waals surface area contributed by atoms with Gasteiger partial charge in [-0.15, -0.1) is 11.3 Å². The maximum absolute atomic E-state index is 5.88. The molecule has 1 aliphatic heterocycles. The highest BCUT2D eigenvalue weighted by Gasteiger charge is 2.19. The molecule has 0 saturated carbocycles. The normalized spacial score (nSPS) is 17.4. The average Bonchev–Trinajstić information content (AvgIpc) is 2.84. The minimum absolute atomic E-state index is 0.0679. The average molecular weight is 340 g/mol. The summed E-state index contributed by atoms with van der Waals surface area (Å²) in [7, 11) is 0. The van der Waals surface area contributed by atoms with E-state index in [0.717, 1.165) is 29.1 Å². The van der Waals surface area contributed by atoms with Gasteiger partial charge in [0.2, 0.25) is 0 Å². The minimum Gasteiger partial charge on any atom is -0.486 e. The Bertz CT molecular complexity index is 558. The molecule has 1 aromatic carbocycles. The predicted octanol–water partition coefficient (Wildman–Crippen LogP) is 3.44. The van der Waals surface area contributed by atoms with Crippen LogP contribution in [-0.2, 0) is 6.54 Å². The van der Waals surface area contributed by atoms with Crippen molar-refractivity contribution in [3.63, 3.8) is 0 Å². The summed E-state index contributed by atoms with van der Waals surface area (Å²) >= 11 is 5.20. The molecule has 1 aliphatic rings. The minimum atomic E-state index is 0.0679. The van der Waals surface area contributed by atoms with E-state index in [4.69, 9.17) is 9.47 Å². The van der Waals surface area contributed by atoms with Crippen LogP contribution < -0.4 is 14.8 Å². The van der Waals surface area contributed by atoms with Crippen molar-refractivity contribution in [2.24, 2.45) is 0 Å². The highest BCUT2D eigenvalue weighted by molar-refractivity contribution is 9.10. The molecule has 0 amide bonds. The quantitative estimate of drug-likeness (QED) is 0.925. The third-order valence-electron chi connectivity index (χ3n) is 2.86. The summed E-state index contributed by atoms with van der Waals surface area (Å²) in [5, 5.41) is 5.49. The number of para-hydroxylation sites is 2. The predicted molar refractivity (Wildman–Crippen MR) is 80.1 cm³/mol. The largest absolute Gasteiger partial charge is 0.486 e. The number of nitrogens with one attached hydrogen (secondary N) is 1. The molecule has 1 aromatic heterocycles. The lowest BCUT2D eigenvalue weighted by molar-refractivity contribution is 0.0903. The molecule has 0 bridgehead atoms. The molecule has 0 saturated heterocycles. The van der Waals surface area contributed by atoms with Gasteiger partial charge in [0.25, 0.3) is 0 Å². The Hall–Kier alpha value is -1.04. The Morgan fingerprint density at radius 1 is 1.32 bits per heavy atom. The van der Waals surface area contributed by atoms with Gasteiger partial charge in [-0.1, -0.05) is 12.1 Å². The third-order valence-corrected chi connectivity index (χ3v) is 4.56. The Labute approximate surface area is 124 Å². The van der Waals surface area contributed by atoms with Crippen molar-refractivity contribution in [1.29, 1.82) is 0 Å². The second-order valence-electron chi connectivity index (χ2n) is 4.36. The van der Waals surface area contributed by atoms with Gasteiger partial charge < -0.3 is 14.8 Å². The number of rotatable bonds is 4. The van der Waals surface area contributed by atoms with Gasteiger partial charge in [0.05, 0.1) is 0 Å². The van der Waals surface area contributed by atoms with Crippen molar-refractivity contribution in [3.05, 3.63) is 45.1 Å². The highest BCUT2D eigenvalue weighted by Crippen LogP contribution is 2.30. The summed E-state index contributed by atoms with van der Waals surface area (Å²) in [5.74, 6) is 1.67. The van der Waals surface area contributed by atoms with E-state index in [-0.39, 0.29) is 6.10 Å². The monoisotopic (exact) mass is 339 g/mol. The molecule has 3 nitrogen and oxygen atoms in total. The summed E-state index contributed by atoms with van der Waals surface area (Å²) in [6.45, 7) is 2.24. The van der Waals surface area contributed by atoms with Gasteiger partial charge in [-0.05, 0) is 34.1 Å². The zero-order chi connectivity index (χ0) is 13.1. The Morgan fingerprint density at radius 3 is 2.95 bits per heavy atom. The van der Waals surface area contributed by atoms with E-state index in [1.54, 1.807) is 11.3 Å². The summed E-state index contributed by atoms with van der Waals surface area (Å²) in [4.78, 5) is 1.31. The molecule has 0 aliphatic carbocycles. The van der Waals surface area contributed by atoms with E-state index in [0.29, 0.717) is 6.61 Å². The maximum Gasteiger partial charge on any atom is 0.161 e. The van der Waals surface area contributed by atoms with Gasteiger partial charge in [0.15, 0.2) is 11.5 Å². The van der Waals surface area contributed by atoms with Crippen molar-refractivity contribution in [2.45, 2.75) is 12.6 Å². The van der Waals surface area contributed by atoms with Crippen LogP contribution in [0.4, 0.5) is 0 Å². The Balaban J connectivity index is 1.50. The lowest BCUT2D eigenvalue weighted by atomic mass is 10.2. The topological polar surface area (TPSA) is 30.5 Å². The molecule has 1 N–H and O–H groups in total. The zero-order valence-electron chi connectivity index (χ0n) is 10.3. The highest BCUT2D eigenvalue weighted by atomic mass is 79.9. The lowest BCUT2D eigenvalue weighted by Gasteiger charge is -2.26. The summed E-state index contributed by atoms with van der Waals surface area (Å²) in [5.41, 5.74) is 0. The molecule has 2 aromatic rings. The SMILES string of the molecule is Brc1csc(CNCC2COc3ccccc3O2)c1. The fourth-order valence-electron chi connectivity index (χ4n) is 1.97. The number of hydrogen-bond donors (Lipinski definition) is 1. The first-order valence-electron chi connectivity index (χ1n) is 6.13. The number of benzene rings is 1. The van der Waals surface area contributed by atoms with Crippen molar-refractivity contribution in [2.75, 3.05) is 13.2 Å². The molecule has 0 spiro atoms. The second-order valence-corrected chi connectivity index (χ2v) is 6.27. The van der Waals surface area contributed by atoms with Crippen LogP contribution in [0.1, 0.15) is 4.88 Å². The van der Waals surface area contributed by atoms with Crippen LogP contribution in [0.25, 0.3) is 0 Å². The first kappa shape index (κ1) is 13.0. The van der Waals surface area contributed by atoms with E-state index >= 15 is 0 Å². The third kappa shape index (κ3) is 3.29. The van der Waals surface area contributed by atoms with Crippen LogP contribution in [0.3, 0.4) is 0 Å². The van der Waals surface area contributed by atoms with Crippen LogP contribution in [0.5, 0.6) is 11.5 Å². The maximum atomic E-state index is 5.88. The number of ether oxygens (including phenoxy) is 2. The van der Waals surface area contributed by atoms with Crippen molar-refractivity contribution < 1.29 is 9.47 Å². The van der Waals surface area contributed by atoms with Gasteiger partial charge in [0.1, 0.15) is 12.7 Å². The molecule has 2 heterocycles. The fraction of sp³-hybridized carbons (Fsp3) is 0.286. The smallest absolute Gasteiger partial charge is 0.161 e. The van der Waals surface area contributed by atoms with Crippen LogP contribution in [0, 0.1) is 0 Å². The number of hydrogen-bond acceptors (Lipinski definition) is 4. The zero-order valence-corrected chi connectivity index (χ0v) is 12.7. The van der Waals surface area contributed by atoms with E-state index < -0.39 is 0 Å². The van der Waals surface area contributed by atoms with Crippen LogP contribution in [0.2, 0.25) is 0 Å². The lowest BCUT2D eigenvalue weighted by Crippen LogP contribution is -2.38. The fourth-order valence-corrected chi connectivity index (χ4v) is 3.39. The van der Waals surface area contributed by atoms with Gasteiger partial charge in [-0.2, -0.15) is 0 Å². The molecule has 0 radical (unpaired) electrons. The van der Waals surface area contributed by atoms with Crippen LogP contribution >= 0.6 is 27.3 Å². The molecular formula is C14H14BrNO2S. The molecule has 5 heteroatoms. The molecule has 100 valence electrons. The van der Waals surface area contributed by atoms with Crippen LogP contribution in [-0.4, -0.2) is 19.3 Å².